The van der Waals surface area contributed by atoms with Gasteiger partial charge in [-0.15, -0.1) is 0 Å². The van der Waals surface area contributed by atoms with Crippen LogP contribution in [0.1, 0.15) is 25.7 Å². The number of thiazole rings is 1. The second-order valence-corrected chi connectivity index (χ2v) is 8.07. The summed E-state index contributed by atoms with van der Waals surface area (Å²) in [4.78, 5) is 38.3. The minimum Gasteiger partial charge on any atom is -0.369 e. The zero-order valence-electron chi connectivity index (χ0n) is 14.6. The van der Waals surface area contributed by atoms with E-state index in [1.807, 2.05) is 17.0 Å². The summed E-state index contributed by atoms with van der Waals surface area (Å²) in [6.07, 6.45) is 5.04. The number of fused-ring (bicyclic) bond motifs is 1. The lowest BCUT2D eigenvalue weighted by Crippen LogP contribution is -2.48. The minimum atomic E-state index is -0.245. The van der Waals surface area contributed by atoms with E-state index in [1.54, 1.807) is 17.5 Å². The molecule has 0 radical (unpaired) electrons. The van der Waals surface area contributed by atoms with Crippen molar-refractivity contribution < 1.29 is 9.59 Å². The molecule has 0 unspecified atom stereocenters. The second kappa shape index (κ2) is 7.19. The zero-order chi connectivity index (χ0) is 18.1. The predicted octanol–water partition coefficient (Wildman–Crippen LogP) is 1.63. The van der Waals surface area contributed by atoms with E-state index in [2.05, 4.69) is 14.9 Å². The third-order valence-electron chi connectivity index (χ3n) is 5.41. The lowest BCUT2D eigenvalue weighted by Gasteiger charge is -2.37. The average molecular weight is 373 g/mol. The van der Waals surface area contributed by atoms with Crippen LogP contribution in [0.2, 0.25) is 0 Å². The summed E-state index contributed by atoms with van der Waals surface area (Å²) in [5.41, 5.74) is 6.30. The Bertz CT molecular complexity index is 782. The van der Waals surface area contributed by atoms with Gasteiger partial charge in [0.1, 0.15) is 10.3 Å². The number of carbonyl (C=O) groups excluding carboxylic acids is 2. The largest absolute Gasteiger partial charge is 0.369 e. The van der Waals surface area contributed by atoms with Crippen molar-refractivity contribution in [3.05, 3.63) is 18.3 Å². The lowest BCUT2D eigenvalue weighted by molar-refractivity contribution is -0.138. The highest BCUT2D eigenvalue weighted by Gasteiger charge is 2.33. The van der Waals surface area contributed by atoms with Crippen molar-refractivity contribution in [1.29, 1.82) is 0 Å². The van der Waals surface area contributed by atoms with Crippen LogP contribution in [-0.4, -0.2) is 52.9 Å². The molecular formula is C18H23N5O2S. The highest BCUT2D eigenvalue weighted by molar-refractivity contribution is 7.21. The predicted molar refractivity (Wildman–Crippen MR) is 101 cm³/mol. The van der Waals surface area contributed by atoms with Crippen LogP contribution in [0.15, 0.2) is 18.3 Å². The van der Waals surface area contributed by atoms with Crippen molar-refractivity contribution in [1.82, 2.24) is 14.9 Å². The summed E-state index contributed by atoms with van der Waals surface area (Å²) in [7, 11) is 0. The molecule has 7 nitrogen and oxygen atoms in total. The van der Waals surface area contributed by atoms with Gasteiger partial charge >= 0.3 is 0 Å². The van der Waals surface area contributed by atoms with Crippen molar-refractivity contribution in [2.24, 2.45) is 17.6 Å². The molecule has 2 N–H and O–H groups in total. The lowest BCUT2D eigenvalue weighted by atomic mass is 9.92. The number of hydrogen-bond donors (Lipinski definition) is 1. The van der Waals surface area contributed by atoms with Gasteiger partial charge in [0.2, 0.25) is 11.8 Å². The molecule has 0 saturated carbocycles. The fourth-order valence-electron chi connectivity index (χ4n) is 3.89. The molecule has 0 spiro atoms. The first-order valence-corrected chi connectivity index (χ1v) is 9.98. The van der Waals surface area contributed by atoms with E-state index in [9.17, 15) is 9.59 Å². The zero-order valence-corrected chi connectivity index (χ0v) is 15.5. The summed E-state index contributed by atoms with van der Waals surface area (Å²) in [6, 6.07) is 3.86. The van der Waals surface area contributed by atoms with Crippen LogP contribution < -0.4 is 10.6 Å². The molecule has 4 heterocycles. The maximum Gasteiger partial charge on any atom is 0.227 e. The number of aromatic nitrogens is 2. The van der Waals surface area contributed by atoms with Gasteiger partial charge in [-0.1, -0.05) is 11.3 Å². The number of primary amides is 1. The third-order valence-corrected chi connectivity index (χ3v) is 6.45. The Balaban J connectivity index is 1.41. The van der Waals surface area contributed by atoms with E-state index in [0.29, 0.717) is 32.5 Å². The molecule has 2 aliphatic rings. The van der Waals surface area contributed by atoms with Gasteiger partial charge in [-0.2, -0.15) is 0 Å². The molecule has 8 heteroatoms. The van der Waals surface area contributed by atoms with Crippen molar-refractivity contribution >= 4 is 38.6 Å². The highest BCUT2D eigenvalue weighted by Crippen LogP contribution is 2.31. The molecular weight excluding hydrogens is 350 g/mol. The van der Waals surface area contributed by atoms with Gasteiger partial charge in [-0.05, 0) is 37.8 Å². The molecule has 2 aromatic rings. The number of pyridine rings is 1. The molecule has 138 valence electrons. The number of rotatable bonds is 3. The minimum absolute atomic E-state index is 0.00569. The summed E-state index contributed by atoms with van der Waals surface area (Å²) in [5.74, 6) is -0.131. The Morgan fingerprint density at radius 2 is 1.96 bits per heavy atom. The van der Waals surface area contributed by atoms with E-state index in [4.69, 9.17) is 5.73 Å². The number of anilines is 1. The number of nitrogens with two attached hydrogens (primary N) is 1. The summed E-state index contributed by atoms with van der Waals surface area (Å²) in [5, 5.41) is 0.948. The van der Waals surface area contributed by atoms with Gasteiger partial charge in [0.05, 0.1) is 5.92 Å². The molecule has 2 saturated heterocycles. The smallest absolute Gasteiger partial charge is 0.227 e. The van der Waals surface area contributed by atoms with Crippen molar-refractivity contribution in [3.8, 4) is 0 Å². The number of nitrogens with zero attached hydrogens (tertiary/aromatic N) is 4. The maximum absolute atomic E-state index is 12.9. The second-order valence-electron chi connectivity index (χ2n) is 7.11. The van der Waals surface area contributed by atoms with Gasteiger partial charge in [-0.3, -0.25) is 9.59 Å². The number of likely N-dealkylation sites (tertiary alicyclic amines) is 1. The first kappa shape index (κ1) is 17.2. The van der Waals surface area contributed by atoms with Crippen molar-refractivity contribution in [3.63, 3.8) is 0 Å². The van der Waals surface area contributed by atoms with Crippen LogP contribution in [-0.2, 0) is 9.59 Å². The standard InChI is InChI=1S/C18H23N5O2S/c19-15(24)12-5-9-22(10-6-12)17(25)13-3-2-8-23(11-13)18-21-14-4-1-7-20-16(14)26-18/h1,4,7,12-13H,2-3,5-6,8-11H2,(H2,19,24)/t13-/m1/s1. The van der Waals surface area contributed by atoms with Gasteiger partial charge in [0.15, 0.2) is 5.13 Å². The van der Waals surface area contributed by atoms with E-state index in [-0.39, 0.29) is 23.7 Å². The molecule has 2 aliphatic heterocycles. The fourth-order valence-corrected chi connectivity index (χ4v) is 4.83. The van der Waals surface area contributed by atoms with Gasteiger partial charge in [0, 0.05) is 38.3 Å². The molecule has 1 atom stereocenters. The van der Waals surface area contributed by atoms with Gasteiger partial charge in [0.25, 0.3) is 0 Å². The number of hydrogen-bond acceptors (Lipinski definition) is 6. The normalized spacial score (nSPS) is 21.9. The van der Waals surface area contributed by atoms with Crippen LogP contribution in [0.3, 0.4) is 0 Å². The SMILES string of the molecule is NC(=O)C1CCN(C(=O)[C@@H]2CCCN(c3nc4cccnc4s3)C2)CC1. The van der Waals surface area contributed by atoms with E-state index in [0.717, 1.165) is 34.9 Å². The monoisotopic (exact) mass is 373 g/mol. The van der Waals surface area contributed by atoms with Crippen molar-refractivity contribution in [2.75, 3.05) is 31.1 Å². The molecule has 0 aromatic carbocycles. The van der Waals surface area contributed by atoms with E-state index >= 15 is 0 Å². The molecule has 2 fully saturated rings. The first-order valence-electron chi connectivity index (χ1n) is 9.16. The van der Waals surface area contributed by atoms with Crippen LogP contribution in [0.4, 0.5) is 5.13 Å². The Labute approximate surface area is 156 Å². The highest BCUT2D eigenvalue weighted by atomic mass is 32.1. The molecule has 26 heavy (non-hydrogen) atoms. The Hall–Kier alpha value is -2.22. The molecule has 0 bridgehead atoms. The Morgan fingerprint density at radius 1 is 1.15 bits per heavy atom. The van der Waals surface area contributed by atoms with E-state index < -0.39 is 0 Å². The van der Waals surface area contributed by atoms with Crippen molar-refractivity contribution in [2.45, 2.75) is 25.7 Å². The summed E-state index contributed by atoms with van der Waals surface area (Å²) < 4.78 is 0. The topological polar surface area (TPSA) is 92.4 Å². The molecule has 2 amide bonds. The third kappa shape index (κ3) is 3.38. The molecule has 0 aliphatic carbocycles. The summed E-state index contributed by atoms with van der Waals surface area (Å²) >= 11 is 1.58. The maximum atomic E-state index is 12.9. The average Bonchev–Trinajstić information content (AvgIpc) is 3.12. The van der Waals surface area contributed by atoms with E-state index in [1.165, 1.54) is 0 Å². The first-order chi connectivity index (χ1) is 12.6. The van der Waals surface area contributed by atoms with Crippen LogP contribution in [0.5, 0.6) is 0 Å². The van der Waals surface area contributed by atoms with Crippen LogP contribution in [0.25, 0.3) is 10.3 Å². The quantitative estimate of drug-likeness (QED) is 0.883. The Kier molecular flexibility index (Phi) is 4.76. The summed E-state index contributed by atoms with van der Waals surface area (Å²) in [6.45, 7) is 2.89. The molecule has 2 aromatic heterocycles. The number of carbonyl (C=O) groups is 2. The number of piperidine rings is 2. The van der Waals surface area contributed by atoms with Gasteiger partial charge in [-0.25, -0.2) is 9.97 Å². The van der Waals surface area contributed by atoms with Gasteiger partial charge < -0.3 is 15.5 Å². The Morgan fingerprint density at radius 3 is 2.69 bits per heavy atom. The number of amides is 2. The van der Waals surface area contributed by atoms with Crippen LogP contribution in [0, 0.1) is 11.8 Å². The molecule has 4 rings (SSSR count). The fraction of sp³-hybridized carbons (Fsp3) is 0.556. The van der Waals surface area contributed by atoms with Crippen LogP contribution >= 0.6 is 11.3 Å².